The number of likely N-dealkylation sites (tertiary alicyclic amines) is 1. The van der Waals surface area contributed by atoms with Crippen LogP contribution in [0.4, 0.5) is 13.2 Å². The normalized spacial score (nSPS) is 21.6. The van der Waals surface area contributed by atoms with Crippen LogP contribution in [0, 0.1) is 11.8 Å². The van der Waals surface area contributed by atoms with E-state index in [-0.39, 0.29) is 13.1 Å². The van der Waals surface area contributed by atoms with Crippen LogP contribution >= 0.6 is 22.9 Å². The fraction of sp³-hybridized carbons (Fsp3) is 0.353. The molecule has 8 heteroatoms. The molecule has 0 unspecified atom stereocenters. The van der Waals surface area contributed by atoms with Crippen LogP contribution in [0.2, 0.25) is 5.02 Å². The summed E-state index contributed by atoms with van der Waals surface area (Å²) in [7, 11) is 0. The number of alkyl halides is 3. The van der Waals surface area contributed by atoms with E-state index < -0.39 is 24.0 Å². The van der Waals surface area contributed by atoms with Gasteiger partial charge in [0.05, 0.1) is 11.8 Å². The summed E-state index contributed by atoms with van der Waals surface area (Å²) in [6, 6.07) is 11.1. The molecule has 3 rings (SSSR count). The zero-order chi connectivity index (χ0) is 18.2. The van der Waals surface area contributed by atoms with Crippen LogP contribution in [0.15, 0.2) is 36.4 Å². The van der Waals surface area contributed by atoms with E-state index in [2.05, 4.69) is 0 Å². The Hall–Kier alpha value is -1.57. The highest BCUT2D eigenvalue weighted by atomic mass is 35.5. The molecule has 2 heterocycles. The number of rotatable bonds is 4. The minimum atomic E-state index is -4.50. The number of carboxylic acid groups (broad SMARTS) is 1. The molecule has 2 atom stereocenters. The van der Waals surface area contributed by atoms with Gasteiger partial charge in [-0.2, -0.15) is 13.2 Å². The van der Waals surface area contributed by atoms with Gasteiger partial charge in [-0.25, -0.2) is 0 Å². The average Bonchev–Trinajstić information content (AvgIpc) is 3.15. The standard InChI is InChI=1S/C17H15ClF3NO2S/c18-14-4-2-1-3-11(14)15-6-5-10(25-15)7-22-8-12(16(23)24)13(9-22)17(19,20)21/h1-6,12-13H,7-9H2,(H,23,24)/t12-,13-/m1/s1. The Morgan fingerprint density at radius 3 is 2.56 bits per heavy atom. The highest BCUT2D eigenvalue weighted by Crippen LogP contribution is 2.39. The first-order valence-electron chi connectivity index (χ1n) is 7.61. The largest absolute Gasteiger partial charge is 0.481 e. The predicted molar refractivity (Wildman–Crippen MR) is 90.7 cm³/mol. The van der Waals surface area contributed by atoms with E-state index in [1.807, 2.05) is 30.3 Å². The van der Waals surface area contributed by atoms with Crippen LogP contribution in [0.5, 0.6) is 0 Å². The van der Waals surface area contributed by atoms with E-state index in [0.717, 1.165) is 15.3 Å². The number of hydrogen-bond acceptors (Lipinski definition) is 3. The van der Waals surface area contributed by atoms with Gasteiger partial charge in [0.1, 0.15) is 0 Å². The fourth-order valence-electron chi connectivity index (χ4n) is 3.09. The molecule has 1 aliphatic rings. The lowest BCUT2D eigenvalue weighted by molar-refractivity contribution is -0.188. The molecule has 1 fully saturated rings. The maximum Gasteiger partial charge on any atom is 0.393 e. The third kappa shape index (κ3) is 3.99. The van der Waals surface area contributed by atoms with Crippen molar-refractivity contribution in [3.05, 3.63) is 46.3 Å². The third-order valence-corrected chi connectivity index (χ3v) is 5.75. The van der Waals surface area contributed by atoms with Crippen molar-refractivity contribution < 1.29 is 23.1 Å². The van der Waals surface area contributed by atoms with E-state index in [1.54, 1.807) is 11.0 Å². The Morgan fingerprint density at radius 1 is 1.24 bits per heavy atom. The van der Waals surface area contributed by atoms with E-state index in [9.17, 15) is 18.0 Å². The van der Waals surface area contributed by atoms with Gasteiger partial charge in [-0.15, -0.1) is 11.3 Å². The zero-order valence-corrected chi connectivity index (χ0v) is 14.5. The van der Waals surface area contributed by atoms with Crippen LogP contribution in [-0.4, -0.2) is 35.2 Å². The number of halogens is 4. The fourth-order valence-corrected chi connectivity index (χ4v) is 4.47. The summed E-state index contributed by atoms with van der Waals surface area (Å²) in [6.45, 7) is -0.0931. The molecule has 25 heavy (non-hydrogen) atoms. The highest BCUT2D eigenvalue weighted by molar-refractivity contribution is 7.15. The smallest absolute Gasteiger partial charge is 0.393 e. The van der Waals surface area contributed by atoms with Crippen molar-refractivity contribution >= 4 is 28.9 Å². The van der Waals surface area contributed by atoms with E-state index in [1.165, 1.54) is 11.3 Å². The van der Waals surface area contributed by atoms with Crippen molar-refractivity contribution in [2.75, 3.05) is 13.1 Å². The van der Waals surface area contributed by atoms with E-state index in [4.69, 9.17) is 16.7 Å². The molecule has 1 aromatic heterocycles. The van der Waals surface area contributed by atoms with Gasteiger partial charge in [-0.05, 0) is 18.2 Å². The van der Waals surface area contributed by atoms with Gasteiger partial charge in [-0.3, -0.25) is 9.69 Å². The number of carboxylic acids is 1. The summed E-state index contributed by atoms with van der Waals surface area (Å²) < 4.78 is 39.2. The minimum absolute atomic E-state index is 0.0984. The number of benzene rings is 1. The lowest BCUT2D eigenvalue weighted by Gasteiger charge is -2.18. The summed E-state index contributed by atoms with van der Waals surface area (Å²) in [5.41, 5.74) is 0.874. The topological polar surface area (TPSA) is 40.5 Å². The molecule has 1 saturated heterocycles. The summed E-state index contributed by atoms with van der Waals surface area (Å²) in [4.78, 5) is 14.5. The number of hydrogen-bond donors (Lipinski definition) is 1. The van der Waals surface area contributed by atoms with Crippen LogP contribution in [0.1, 0.15) is 4.88 Å². The third-order valence-electron chi connectivity index (χ3n) is 4.31. The first-order valence-corrected chi connectivity index (χ1v) is 8.80. The molecule has 0 spiro atoms. The van der Waals surface area contributed by atoms with Gasteiger partial charge in [0.15, 0.2) is 0 Å². The van der Waals surface area contributed by atoms with E-state index in [0.29, 0.717) is 11.6 Å². The van der Waals surface area contributed by atoms with Crippen molar-refractivity contribution in [2.24, 2.45) is 11.8 Å². The summed E-state index contributed by atoms with van der Waals surface area (Å²) in [5.74, 6) is -4.64. The van der Waals surface area contributed by atoms with Crippen molar-refractivity contribution in [3.63, 3.8) is 0 Å². The second-order valence-corrected chi connectivity index (χ2v) is 7.61. The molecule has 1 N–H and O–H groups in total. The molecule has 0 amide bonds. The van der Waals surface area contributed by atoms with Crippen LogP contribution in [0.3, 0.4) is 0 Å². The monoisotopic (exact) mass is 389 g/mol. The number of aliphatic carboxylic acids is 1. The van der Waals surface area contributed by atoms with Gasteiger partial charge in [0.25, 0.3) is 0 Å². The minimum Gasteiger partial charge on any atom is -0.481 e. The van der Waals surface area contributed by atoms with Crippen molar-refractivity contribution in [2.45, 2.75) is 12.7 Å². The molecule has 0 bridgehead atoms. The Balaban J connectivity index is 1.74. The number of nitrogens with zero attached hydrogens (tertiary/aromatic N) is 1. The van der Waals surface area contributed by atoms with Crippen LogP contribution in [-0.2, 0) is 11.3 Å². The lowest BCUT2D eigenvalue weighted by Crippen LogP contribution is -2.33. The quantitative estimate of drug-likeness (QED) is 0.819. The maximum absolute atomic E-state index is 13.1. The molecule has 1 aromatic carbocycles. The van der Waals surface area contributed by atoms with Crippen LogP contribution < -0.4 is 0 Å². The molecule has 0 saturated carbocycles. The van der Waals surface area contributed by atoms with Gasteiger partial charge in [0.2, 0.25) is 0 Å². The predicted octanol–water partition coefficient (Wildman–Crippen LogP) is 4.76. The first-order chi connectivity index (χ1) is 11.8. The van der Waals surface area contributed by atoms with Crippen molar-refractivity contribution in [3.8, 4) is 10.4 Å². The molecule has 2 aromatic rings. The SMILES string of the molecule is O=C(O)[C@@H]1CN(Cc2ccc(-c3ccccc3Cl)s2)C[C@H]1C(F)(F)F. The molecule has 1 aliphatic heterocycles. The Kier molecular flexibility index (Phi) is 5.09. The van der Waals surface area contributed by atoms with E-state index >= 15 is 0 Å². The van der Waals surface area contributed by atoms with Gasteiger partial charge in [-0.1, -0.05) is 29.8 Å². The number of thiophene rings is 1. The number of carbonyl (C=O) groups is 1. The Bertz CT molecular complexity index is 777. The second kappa shape index (κ2) is 6.97. The highest BCUT2D eigenvalue weighted by Gasteiger charge is 2.52. The van der Waals surface area contributed by atoms with Crippen molar-refractivity contribution in [1.82, 2.24) is 4.90 Å². The summed E-state index contributed by atoms with van der Waals surface area (Å²) in [6.07, 6.45) is -4.50. The average molecular weight is 390 g/mol. The molecule has 3 nitrogen and oxygen atoms in total. The molecular weight excluding hydrogens is 375 g/mol. The van der Waals surface area contributed by atoms with Crippen LogP contribution in [0.25, 0.3) is 10.4 Å². The molecule has 0 radical (unpaired) electrons. The van der Waals surface area contributed by atoms with Gasteiger partial charge >= 0.3 is 12.1 Å². The Morgan fingerprint density at radius 2 is 1.96 bits per heavy atom. The lowest BCUT2D eigenvalue weighted by atomic mass is 9.96. The Labute approximate surface area is 151 Å². The van der Waals surface area contributed by atoms with Gasteiger partial charge < -0.3 is 5.11 Å². The second-order valence-electron chi connectivity index (χ2n) is 6.03. The molecule has 0 aliphatic carbocycles. The summed E-state index contributed by atoms with van der Waals surface area (Å²) >= 11 is 7.62. The summed E-state index contributed by atoms with van der Waals surface area (Å²) in [5, 5.41) is 9.69. The molecule has 134 valence electrons. The van der Waals surface area contributed by atoms with Gasteiger partial charge in [0, 0.05) is 40.0 Å². The maximum atomic E-state index is 13.1. The zero-order valence-electron chi connectivity index (χ0n) is 13.0. The van der Waals surface area contributed by atoms with Crippen molar-refractivity contribution in [1.29, 1.82) is 0 Å². The first kappa shape index (κ1) is 18.2. The molecular formula is C17H15ClF3NO2S.